The second-order valence-electron chi connectivity index (χ2n) is 5.76. The third kappa shape index (κ3) is 3.08. The minimum absolute atomic E-state index is 0.0183. The van der Waals surface area contributed by atoms with E-state index < -0.39 is 0 Å². The Bertz CT molecular complexity index is 552. The van der Waals surface area contributed by atoms with Gasteiger partial charge in [0.05, 0.1) is 24.5 Å². The predicted octanol–water partition coefficient (Wildman–Crippen LogP) is 1.75. The molecule has 2 atom stereocenters. The Morgan fingerprint density at radius 1 is 1.24 bits per heavy atom. The number of ether oxygens (including phenoxy) is 1. The number of carbonyl (C=O) groups is 2. The van der Waals surface area contributed by atoms with Gasteiger partial charge in [0.2, 0.25) is 5.91 Å². The first-order valence-corrected chi connectivity index (χ1v) is 7.43. The first-order valence-electron chi connectivity index (χ1n) is 7.43. The molecule has 0 aromatic heterocycles. The molecule has 0 bridgehead atoms. The normalized spacial score (nSPS) is 24.5. The lowest BCUT2D eigenvalue weighted by Gasteiger charge is -2.27. The maximum absolute atomic E-state index is 12.6. The Hall–Kier alpha value is -1.88. The van der Waals surface area contributed by atoms with E-state index in [4.69, 9.17) is 4.74 Å². The molecule has 5 nitrogen and oxygen atoms in total. The summed E-state index contributed by atoms with van der Waals surface area (Å²) in [6.45, 7) is 4.40. The highest BCUT2D eigenvalue weighted by Gasteiger charge is 2.39. The van der Waals surface area contributed by atoms with Crippen molar-refractivity contribution in [3.63, 3.8) is 0 Å². The Kier molecular flexibility index (Phi) is 3.92. The maximum atomic E-state index is 12.6. The van der Waals surface area contributed by atoms with E-state index in [2.05, 4.69) is 12.2 Å². The molecule has 1 aliphatic carbocycles. The molecule has 1 saturated carbocycles. The quantitative estimate of drug-likeness (QED) is 0.922. The van der Waals surface area contributed by atoms with E-state index in [-0.39, 0.29) is 17.7 Å². The number of benzene rings is 1. The maximum Gasteiger partial charge on any atom is 0.256 e. The zero-order valence-electron chi connectivity index (χ0n) is 12.2. The monoisotopic (exact) mass is 288 g/mol. The van der Waals surface area contributed by atoms with Crippen molar-refractivity contribution in [3.8, 4) is 0 Å². The first-order chi connectivity index (χ1) is 10.2. The van der Waals surface area contributed by atoms with Crippen LogP contribution in [0.15, 0.2) is 24.3 Å². The molecule has 3 rings (SSSR count). The fourth-order valence-corrected chi connectivity index (χ4v) is 2.63. The molecular formula is C16H20N2O3. The van der Waals surface area contributed by atoms with Crippen molar-refractivity contribution >= 4 is 17.5 Å². The van der Waals surface area contributed by atoms with Gasteiger partial charge in [0, 0.05) is 19.0 Å². The average Bonchev–Trinajstić information content (AvgIpc) is 3.25. The summed E-state index contributed by atoms with van der Waals surface area (Å²) in [6, 6.07) is 7.22. The van der Waals surface area contributed by atoms with Crippen molar-refractivity contribution in [2.75, 3.05) is 31.6 Å². The predicted molar refractivity (Wildman–Crippen MR) is 79.1 cm³/mol. The number of amides is 2. The second-order valence-corrected chi connectivity index (χ2v) is 5.76. The Balaban J connectivity index is 1.75. The molecule has 1 N–H and O–H groups in total. The Morgan fingerprint density at radius 2 is 1.90 bits per heavy atom. The zero-order valence-corrected chi connectivity index (χ0v) is 12.2. The lowest BCUT2D eigenvalue weighted by Crippen LogP contribution is -2.41. The summed E-state index contributed by atoms with van der Waals surface area (Å²) in [5, 5.41) is 2.91. The van der Waals surface area contributed by atoms with Gasteiger partial charge in [0.15, 0.2) is 0 Å². The van der Waals surface area contributed by atoms with Gasteiger partial charge in [0.25, 0.3) is 5.91 Å². The van der Waals surface area contributed by atoms with E-state index in [1.54, 1.807) is 17.0 Å². The molecule has 1 saturated heterocycles. The number of carbonyl (C=O) groups excluding carboxylic acids is 2. The molecule has 1 aliphatic heterocycles. The summed E-state index contributed by atoms with van der Waals surface area (Å²) in [5.41, 5.74) is 1.17. The number of anilines is 1. The third-order valence-corrected chi connectivity index (χ3v) is 4.16. The van der Waals surface area contributed by atoms with Crippen LogP contribution in [0.5, 0.6) is 0 Å². The van der Waals surface area contributed by atoms with Crippen LogP contribution >= 0.6 is 0 Å². The van der Waals surface area contributed by atoms with Gasteiger partial charge in [0.1, 0.15) is 0 Å². The van der Waals surface area contributed by atoms with Crippen molar-refractivity contribution in [1.29, 1.82) is 0 Å². The summed E-state index contributed by atoms with van der Waals surface area (Å²) in [6.07, 6.45) is 0.936. The summed E-state index contributed by atoms with van der Waals surface area (Å²) < 4.78 is 5.27. The number of morpholine rings is 1. The number of hydrogen-bond donors (Lipinski definition) is 1. The number of hydrogen-bond acceptors (Lipinski definition) is 3. The molecule has 2 amide bonds. The minimum Gasteiger partial charge on any atom is -0.378 e. The van der Waals surface area contributed by atoms with Crippen molar-refractivity contribution in [2.45, 2.75) is 13.3 Å². The summed E-state index contributed by atoms with van der Waals surface area (Å²) in [5.74, 6) is 0.520. The lowest BCUT2D eigenvalue weighted by molar-refractivity contribution is -0.117. The molecule has 1 aromatic rings. The molecule has 1 aromatic carbocycles. The van der Waals surface area contributed by atoms with Crippen LogP contribution in [0, 0.1) is 11.8 Å². The van der Waals surface area contributed by atoms with Crippen LogP contribution in [0.1, 0.15) is 23.7 Å². The highest BCUT2D eigenvalue weighted by atomic mass is 16.5. The van der Waals surface area contributed by atoms with Gasteiger partial charge in [-0.1, -0.05) is 19.1 Å². The van der Waals surface area contributed by atoms with Crippen molar-refractivity contribution < 1.29 is 14.3 Å². The van der Waals surface area contributed by atoms with Crippen LogP contribution in [-0.4, -0.2) is 43.0 Å². The molecule has 0 spiro atoms. The van der Waals surface area contributed by atoms with E-state index in [1.807, 2.05) is 12.1 Å². The van der Waals surface area contributed by atoms with E-state index in [0.29, 0.717) is 43.5 Å². The average molecular weight is 288 g/mol. The van der Waals surface area contributed by atoms with E-state index in [0.717, 1.165) is 6.42 Å². The third-order valence-electron chi connectivity index (χ3n) is 4.16. The minimum atomic E-state index is -0.0435. The molecule has 1 heterocycles. The number of para-hydroxylation sites is 1. The number of nitrogens with zero attached hydrogens (tertiary/aromatic N) is 1. The van der Waals surface area contributed by atoms with E-state index in [1.165, 1.54) is 0 Å². The SMILES string of the molecule is CC1CC1C(=O)Nc1ccccc1C(=O)N1CCOCC1. The van der Waals surface area contributed by atoms with Crippen LogP contribution in [0.4, 0.5) is 5.69 Å². The highest BCUT2D eigenvalue weighted by molar-refractivity contribution is 6.04. The number of rotatable bonds is 3. The fraction of sp³-hybridized carbons (Fsp3) is 0.500. The Labute approximate surface area is 124 Å². The van der Waals surface area contributed by atoms with Gasteiger partial charge in [-0.25, -0.2) is 0 Å². The second kappa shape index (κ2) is 5.85. The van der Waals surface area contributed by atoms with Crippen LogP contribution in [0.3, 0.4) is 0 Å². The highest BCUT2D eigenvalue weighted by Crippen LogP contribution is 2.38. The molecular weight excluding hydrogens is 268 g/mol. The smallest absolute Gasteiger partial charge is 0.256 e. The van der Waals surface area contributed by atoms with Gasteiger partial charge < -0.3 is 15.0 Å². The topological polar surface area (TPSA) is 58.6 Å². The zero-order chi connectivity index (χ0) is 14.8. The molecule has 5 heteroatoms. The standard InChI is InChI=1S/C16H20N2O3/c1-11-10-13(11)15(19)17-14-5-3-2-4-12(14)16(20)18-6-8-21-9-7-18/h2-5,11,13H,6-10H2,1H3,(H,17,19). The van der Waals surface area contributed by atoms with Gasteiger partial charge in [-0.2, -0.15) is 0 Å². The van der Waals surface area contributed by atoms with E-state index in [9.17, 15) is 9.59 Å². The molecule has 21 heavy (non-hydrogen) atoms. The summed E-state index contributed by atoms with van der Waals surface area (Å²) >= 11 is 0. The van der Waals surface area contributed by atoms with Crippen LogP contribution in [0.25, 0.3) is 0 Å². The number of nitrogens with one attached hydrogen (secondary N) is 1. The van der Waals surface area contributed by atoms with Gasteiger partial charge >= 0.3 is 0 Å². The molecule has 112 valence electrons. The van der Waals surface area contributed by atoms with Gasteiger partial charge in [-0.05, 0) is 24.5 Å². The Morgan fingerprint density at radius 3 is 2.57 bits per heavy atom. The molecule has 2 unspecified atom stereocenters. The molecule has 2 aliphatic rings. The van der Waals surface area contributed by atoms with Crippen molar-refractivity contribution in [2.24, 2.45) is 11.8 Å². The van der Waals surface area contributed by atoms with Crippen LogP contribution in [0.2, 0.25) is 0 Å². The van der Waals surface area contributed by atoms with Crippen molar-refractivity contribution in [3.05, 3.63) is 29.8 Å². The molecule has 0 radical (unpaired) electrons. The fourth-order valence-electron chi connectivity index (χ4n) is 2.63. The summed E-state index contributed by atoms with van der Waals surface area (Å²) in [7, 11) is 0. The van der Waals surface area contributed by atoms with Gasteiger partial charge in [-0.3, -0.25) is 9.59 Å². The van der Waals surface area contributed by atoms with Crippen LogP contribution in [-0.2, 0) is 9.53 Å². The van der Waals surface area contributed by atoms with E-state index >= 15 is 0 Å². The summed E-state index contributed by atoms with van der Waals surface area (Å²) in [4.78, 5) is 26.4. The molecule has 2 fully saturated rings. The largest absolute Gasteiger partial charge is 0.378 e. The lowest BCUT2D eigenvalue weighted by atomic mass is 10.1. The van der Waals surface area contributed by atoms with Crippen LogP contribution < -0.4 is 5.32 Å². The first kappa shape index (κ1) is 14.1. The van der Waals surface area contributed by atoms with Gasteiger partial charge in [-0.15, -0.1) is 0 Å². The van der Waals surface area contributed by atoms with Crippen molar-refractivity contribution in [1.82, 2.24) is 4.90 Å².